The van der Waals surface area contributed by atoms with Gasteiger partial charge in [0, 0.05) is 23.8 Å². The maximum Gasteiger partial charge on any atom is 0.228 e. The van der Waals surface area contributed by atoms with E-state index in [0.29, 0.717) is 12.5 Å². The van der Waals surface area contributed by atoms with E-state index in [9.17, 15) is 9.90 Å². The number of rotatable bonds is 6. The van der Waals surface area contributed by atoms with Crippen LogP contribution < -0.4 is 5.32 Å². The molecule has 23 heavy (non-hydrogen) atoms. The Kier molecular flexibility index (Phi) is 3.73. The molecule has 2 heterocycles. The molecule has 1 atom stereocenters. The van der Waals surface area contributed by atoms with Crippen molar-refractivity contribution in [2.24, 2.45) is 11.3 Å². The van der Waals surface area contributed by atoms with Crippen molar-refractivity contribution < 1.29 is 9.90 Å². The van der Waals surface area contributed by atoms with Gasteiger partial charge in [0.1, 0.15) is 0 Å². The van der Waals surface area contributed by atoms with Crippen LogP contribution in [0, 0.1) is 11.3 Å². The molecule has 2 aliphatic carbocycles. The Morgan fingerprint density at radius 1 is 1.52 bits per heavy atom. The number of aliphatic hydroxyl groups is 1. The number of nitrogens with zero attached hydrogens (tertiary/aromatic N) is 2. The molecule has 1 unspecified atom stereocenters. The summed E-state index contributed by atoms with van der Waals surface area (Å²) in [5.41, 5.74) is -0.279. The molecule has 6 heteroatoms. The Bertz CT molecular complexity index is 658. The number of carbonyl (C=O) groups is 1. The molecule has 0 saturated heterocycles. The number of aliphatic hydroxyl groups excluding tert-OH is 1. The van der Waals surface area contributed by atoms with Gasteiger partial charge in [0.25, 0.3) is 0 Å². The van der Waals surface area contributed by atoms with Crippen LogP contribution in [-0.2, 0) is 11.3 Å². The molecule has 0 radical (unpaired) electrons. The minimum Gasteiger partial charge on any atom is -0.393 e. The summed E-state index contributed by atoms with van der Waals surface area (Å²) in [6.45, 7) is 0.698. The molecule has 2 saturated carbocycles. The first kappa shape index (κ1) is 14.9. The summed E-state index contributed by atoms with van der Waals surface area (Å²) in [5.74, 6) is 0.489. The van der Waals surface area contributed by atoms with Gasteiger partial charge in [-0.15, -0.1) is 11.3 Å². The van der Waals surface area contributed by atoms with Crippen LogP contribution in [0.2, 0.25) is 0 Å². The normalized spacial score (nSPS) is 26.3. The first-order chi connectivity index (χ1) is 11.2. The molecule has 2 N–H and O–H groups in total. The van der Waals surface area contributed by atoms with E-state index in [0.717, 1.165) is 25.7 Å². The molecule has 0 aliphatic heterocycles. The van der Waals surface area contributed by atoms with E-state index in [1.165, 1.54) is 4.88 Å². The van der Waals surface area contributed by atoms with Crippen molar-refractivity contribution in [1.82, 2.24) is 14.9 Å². The van der Waals surface area contributed by atoms with Gasteiger partial charge in [-0.05, 0) is 43.0 Å². The number of amides is 1. The highest BCUT2D eigenvalue weighted by atomic mass is 32.1. The number of carbonyl (C=O) groups excluding carboxylic acids is 1. The van der Waals surface area contributed by atoms with Gasteiger partial charge in [0.05, 0.1) is 23.9 Å². The lowest BCUT2D eigenvalue weighted by atomic mass is 9.76. The van der Waals surface area contributed by atoms with Gasteiger partial charge in [-0.1, -0.05) is 6.07 Å². The molecule has 1 amide bonds. The van der Waals surface area contributed by atoms with Crippen LogP contribution in [0.4, 0.5) is 0 Å². The summed E-state index contributed by atoms with van der Waals surface area (Å²) in [5, 5.41) is 15.0. The topological polar surface area (TPSA) is 67.2 Å². The highest BCUT2D eigenvalue weighted by Gasteiger charge is 2.51. The first-order valence-electron chi connectivity index (χ1n) is 8.14. The number of hydrogen-bond acceptors (Lipinski definition) is 4. The van der Waals surface area contributed by atoms with Gasteiger partial charge in [-0.3, -0.25) is 4.79 Å². The molecule has 2 aromatic heterocycles. The van der Waals surface area contributed by atoms with Crippen molar-refractivity contribution in [1.29, 1.82) is 0 Å². The van der Waals surface area contributed by atoms with E-state index < -0.39 is 0 Å². The quantitative estimate of drug-likeness (QED) is 0.854. The summed E-state index contributed by atoms with van der Waals surface area (Å²) >= 11 is 1.68. The molecule has 5 nitrogen and oxygen atoms in total. The fourth-order valence-corrected chi connectivity index (χ4v) is 4.29. The lowest BCUT2D eigenvalue weighted by Crippen LogP contribution is -2.44. The van der Waals surface area contributed by atoms with E-state index >= 15 is 0 Å². The molecule has 0 bridgehead atoms. The van der Waals surface area contributed by atoms with Crippen LogP contribution >= 0.6 is 11.3 Å². The number of thiophene rings is 1. The van der Waals surface area contributed by atoms with Crippen molar-refractivity contribution in [2.75, 3.05) is 0 Å². The smallest absolute Gasteiger partial charge is 0.228 e. The van der Waals surface area contributed by atoms with E-state index in [1.54, 1.807) is 23.9 Å². The van der Waals surface area contributed by atoms with Crippen molar-refractivity contribution in [3.05, 3.63) is 41.1 Å². The van der Waals surface area contributed by atoms with Gasteiger partial charge in [0.2, 0.25) is 5.91 Å². The zero-order valence-electron chi connectivity index (χ0n) is 12.9. The minimum absolute atomic E-state index is 0.0335. The second-order valence-electron chi connectivity index (χ2n) is 6.87. The van der Waals surface area contributed by atoms with Crippen LogP contribution in [0.1, 0.15) is 36.6 Å². The third kappa shape index (κ3) is 2.93. The number of imidazole rings is 1. The lowest BCUT2D eigenvalue weighted by molar-refractivity contribution is -0.128. The van der Waals surface area contributed by atoms with Gasteiger partial charge in [-0.25, -0.2) is 4.98 Å². The van der Waals surface area contributed by atoms with Crippen LogP contribution in [0.25, 0.3) is 0 Å². The van der Waals surface area contributed by atoms with E-state index in [1.807, 2.05) is 22.2 Å². The number of nitrogens with one attached hydrogen (secondary N) is 1. The lowest BCUT2D eigenvalue weighted by Gasteiger charge is -2.38. The average Bonchev–Trinajstić information content (AvgIpc) is 2.94. The predicted molar refractivity (Wildman–Crippen MR) is 87.8 cm³/mol. The Hall–Kier alpha value is -1.66. The maximum absolute atomic E-state index is 12.9. The van der Waals surface area contributed by atoms with Crippen molar-refractivity contribution in [3.8, 4) is 0 Å². The van der Waals surface area contributed by atoms with Crippen LogP contribution in [0.15, 0.2) is 36.2 Å². The molecule has 4 rings (SSSR count). The van der Waals surface area contributed by atoms with Gasteiger partial charge in [0.15, 0.2) is 0 Å². The summed E-state index contributed by atoms with van der Waals surface area (Å²) < 4.78 is 1.99. The molecule has 0 spiro atoms. The third-order valence-corrected chi connectivity index (χ3v) is 6.09. The standard InChI is InChI=1S/C17H21N3O2S/c21-13-8-12(9-13)15(14-2-1-7-23-14)19-16(22)17(3-4-17)10-20-6-5-18-11-20/h1-2,5-7,11-13,15,21H,3-4,8-10H2,(H,19,22). The van der Waals surface area contributed by atoms with Gasteiger partial charge >= 0.3 is 0 Å². The molecule has 2 aromatic rings. The highest BCUT2D eigenvalue weighted by molar-refractivity contribution is 7.10. The summed E-state index contributed by atoms with van der Waals surface area (Å²) in [7, 11) is 0. The zero-order valence-corrected chi connectivity index (χ0v) is 13.7. The SMILES string of the molecule is O=C(NC(c1cccs1)C1CC(O)C1)C1(Cn2ccnc2)CC1. The molecule has 122 valence electrons. The van der Waals surface area contributed by atoms with Gasteiger partial charge < -0.3 is 15.0 Å². The third-order valence-electron chi connectivity index (χ3n) is 5.14. The monoisotopic (exact) mass is 331 g/mol. The van der Waals surface area contributed by atoms with Crippen LogP contribution in [0.5, 0.6) is 0 Å². The van der Waals surface area contributed by atoms with Crippen molar-refractivity contribution in [2.45, 2.75) is 44.4 Å². The molecular weight excluding hydrogens is 310 g/mol. The Labute approximate surface area is 139 Å². The maximum atomic E-state index is 12.9. The second-order valence-corrected chi connectivity index (χ2v) is 7.85. The second kappa shape index (κ2) is 5.76. The minimum atomic E-state index is -0.279. The average molecular weight is 331 g/mol. The van der Waals surface area contributed by atoms with Gasteiger partial charge in [-0.2, -0.15) is 0 Å². The first-order valence-corrected chi connectivity index (χ1v) is 9.02. The van der Waals surface area contributed by atoms with Crippen molar-refractivity contribution in [3.63, 3.8) is 0 Å². The number of hydrogen-bond donors (Lipinski definition) is 2. The van der Waals surface area contributed by atoms with E-state index in [2.05, 4.69) is 16.4 Å². The Morgan fingerprint density at radius 3 is 2.91 bits per heavy atom. The summed E-state index contributed by atoms with van der Waals surface area (Å²) in [6.07, 6.45) is 8.63. The Morgan fingerprint density at radius 2 is 2.35 bits per heavy atom. The predicted octanol–water partition coefficient (Wildman–Crippen LogP) is 2.35. The summed E-state index contributed by atoms with van der Waals surface area (Å²) in [6, 6.07) is 4.13. The van der Waals surface area contributed by atoms with Crippen molar-refractivity contribution >= 4 is 17.2 Å². The van der Waals surface area contributed by atoms with E-state index in [-0.39, 0.29) is 23.5 Å². The summed E-state index contributed by atoms with van der Waals surface area (Å²) in [4.78, 5) is 18.1. The molecule has 2 fully saturated rings. The van der Waals surface area contributed by atoms with Crippen LogP contribution in [-0.4, -0.2) is 26.7 Å². The highest BCUT2D eigenvalue weighted by Crippen LogP contribution is 2.49. The van der Waals surface area contributed by atoms with E-state index in [4.69, 9.17) is 0 Å². The molecular formula is C17H21N3O2S. The largest absolute Gasteiger partial charge is 0.393 e. The fraction of sp³-hybridized carbons (Fsp3) is 0.529. The molecule has 2 aliphatic rings. The zero-order chi connectivity index (χ0) is 15.9. The van der Waals surface area contributed by atoms with Crippen LogP contribution in [0.3, 0.4) is 0 Å². The number of aromatic nitrogens is 2. The molecule has 0 aromatic carbocycles. The fourth-order valence-electron chi connectivity index (χ4n) is 3.42. The Balaban J connectivity index is 1.47.